The molecule has 0 bridgehead atoms. The minimum Gasteiger partial charge on any atom is -0.348 e. The van der Waals surface area contributed by atoms with Gasteiger partial charge in [0.05, 0.1) is 0 Å². The van der Waals surface area contributed by atoms with Crippen molar-refractivity contribution in [1.29, 1.82) is 0 Å². The van der Waals surface area contributed by atoms with Crippen molar-refractivity contribution in [3.63, 3.8) is 0 Å². The number of hydrogen-bond acceptors (Lipinski definition) is 2. The molecule has 0 radical (unpaired) electrons. The predicted molar refractivity (Wildman–Crippen MR) is 111 cm³/mol. The molecule has 3 aromatic carbocycles. The molecule has 0 unspecified atom stereocenters. The summed E-state index contributed by atoms with van der Waals surface area (Å²) in [7, 11) is 0. The Morgan fingerprint density at radius 2 is 1.32 bits per heavy atom. The van der Waals surface area contributed by atoms with Crippen LogP contribution in [0.4, 0.5) is 0 Å². The zero-order chi connectivity index (χ0) is 19.9. The molecule has 0 atom stereocenters. The molecule has 0 aliphatic rings. The molecule has 0 aromatic heterocycles. The molecule has 4 nitrogen and oxygen atoms in total. The Morgan fingerprint density at radius 1 is 0.714 bits per heavy atom. The average Bonchev–Trinajstić information content (AvgIpc) is 2.72. The van der Waals surface area contributed by atoms with E-state index in [2.05, 4.69) is 10.6 Å². The van der Waals surface area contributed by atoms with Crippen LogP contribution in [0.15, 0.2) is 72.8 Å². The number of carbonyl (C=O) groups excluding carboxylic acids is 2. The Labute approximate surface area is 165 Å². The SMILES string of the molecule is Cc1ccc(CNC(=O)c2cccc(C(=O)NCc3ccccc3C)c2)cc1. The topological polar surface area (TPSA) is 58.2 Å². The molecule has 0 aliphatic heterocycles. The molecule has 0 spiro atoms. The van der Waals surface area contributed by atoms with Crippen LogP contribution in [0, 0.1) is 13.8 Å². The van der Waals surface area contributed by atoms with Gasteiger partial charge in [-0.2, -0.15) is 0 Å². The molecule has 0 saturated carbocycles. The van der Waals surface area contributed by atoms with Gasteiger partial charge in [-0.15, -0.1) is 0 Å². The summed E-state index contributed by atoms with van der Waals surface area (Å²) in [5, 5.41) is 5.81. The van der Waals surface area contributed by atoms with E-state index in [4.69, 9.17) is 0 Å². The third-order valence-electron chi connectivity index (χ3n) is 4.66. The number of benzene rings is 3. The van der Waals surface area contributed by atoms with Crippen molar-refractivity contribution in [2.24, 2.45) is 0 Å². The van der Waals surface area contributed by atoms with Crippen LogP contribution in [-0.2, 0) is 13.1 Å². The Kier molecular flexibility index (Phi) is 6.22. The average molecular weight is 372 g/mol. The second-order valence-corrected chi connectivity index (χ2v) is 6.86. The van der Waals surface area contributed by atoms with Gasteiger partial charge in [0.25, 0.3) is 11.8 Å². The smallest absolute Gasteiger partial charge is 0.251 e. The summed E-state index contributed by atoms with van der Waals surface area (Å²) in [6.07, 6.45) is 0. The highest BCUT2D eigenvalue weighted by atomic mass is 16.2. The number of hydrogen-bond donors (Lipinski definition) is 2. The van der Waals surface area contributed by atoms with Crippen LogP contribution in [0.1, 0.15) is 43.0 Å². The lowest BCUT2D eigenvalue weighted by Crippen LogP contribution is -2.25. The first-order chi connectivity index (χ1) is 13.5. The van der Waals surface area contributed by atoms with Crippen molar-refractivity contribution in [1.82, 2.24) is 10.6 Å². The fourth-order valence-corrected chi connectivity index (χ4v) is 2.88. The lowest BCUT2D eigenvalue weighted by Gasteiger charge is -2.09. The van der Waals surface area contributed by atoms with E-state index in [1.54, 1.807) is 24.3 Å². The van der Waals surface area contributed by atoms with Gasteiger partial charge in [0.1, 0.15) is 0 Å². The second kappa shape index (κ2) is 9.00. The van der Waals surface area contributed by atoms with Gasteiger partial charge < -0.3 is 10.6 Å². The van der Waals surface area contributed by atoms with E-state index in [1.165, 1.54) is 5.56 Å². The number of nitrogens with one attached hydrogen (secondary N) is 2. The van der Waals surface area contributed by atoms with Crippen molar-refractivity contribution >= 4 is 11.8 Å². The molecule has 0 aliphatic carbocycles. The molecule has 0 saturated heterocycles. The van der Waals surface area contributed by atoms with Crippen LogP contribution in [0.3, 0.4) is 0 Å². The lowest BCUT2D eigenvalue weighted by molar-refractivity contribution is 0.0950. The van der Waals surface area contributed by atoms with Crippen molar-refractivity contribution in [3.8, 4) is 0 Å². The largest absolute Gasteiger partial charge is 0.348 e. The predicted octanol–water partition coefficient (Wildman–Crippen LogP) is 4.16. The molecule has 0 fully saturated rings. The van der Waals surface area contributed by atoms with E-state index in [9.17, 15) is 9.59 Å². The Bertz CT molecular complexity index is 978. The van der Waals surface area contributed by atoms with E-state index in [1.807, 2.05) is 62.4 Å². The van der Waals surface area contributed by atoms with Gasteiger partial charge in [0.15, 0.2) is 0 Å². The Balaban J connectivity index is 1.60. The maximum Gasteiger partial charge on any atom is 0.251 e. The molecule has 3 rings (SSSR count). The summed E-state index contributed by atoms with van der Waals surface area (Å²) >= 11 is 0. The zero-order valence-corrected chi connectivity index (χ0v) is 16.2. The monoisotopic (exact) mass is 372 g/mol. The molecule has 2 amide bonds. The molecule has 142 valence electrons. The van der Waals surface area contributed by atoms with Crippen molar-refractivity contribution in [2.75, 3.05) is 0 Å². The van der Waals surface area contributed by atoms with Gasteiger partial charge in [-0.1, -0.05) is 60.2 Å². The summed E-state index contributed by atoms with van der Waals surface area (Å²) in [4.78, 5) is 24.9. The molecule has 2 N–H and O–H groups in total. The third-order valence-corrected chi connectivity index (χ3v) is 4.66. The van der Waals surface area contributed by atoms with Crippen LogP contribution in [0.5, 0.6) is 0 Å². The van der Waals surface area contributed by atoms with Crippen molar-refractivity contribution in [3.05, 3.63) is 106 Å². The van der Waals surface area contributed by atoms with Gasteiger partial charge in [-0.05, 0) is 48.7 Å². The van der Waals surface area contributed by atoms with Crippen LogP contribution < -0.4 is 10.6 Å². The number of carbonyl (C=O) groups is 2. The Hall–Kier alpha value is -3.40. The standard InChI is InChI=1S/C24H24N2O2/c1-17-10-12-19(13-11-17)15-25-23(27)20-8-5-9-21(14-20)24(28)26-16-22-7-4-3-6-18(22)2/h3-14H,15-16H2,1-2H3,(H,25,27)(H,26,28). The van der Waals surface area contributed by atoms with E-state index < -0.39 is 0 Å². The summed E-state index contributed by atoms with van der Waals surface area (Å²) in [6.45, 7) is 4.94. The Morgan fingerprint density at radius 3 is 1.96 bits per heavy atom. The van der Waals surface area contributed by atoms with Crippen LogP contribution in [-0.4, -0.2) is 11.8 Å². The van der Waals surface area contributed by atoms with Crippen molar-refractivity contribution < 1.29 is 9.59 Å². The highest BCUT2D eigenvalue weighted by molar-refractivity contribution is 5.99. The maximum atomic E-state index is 12.5. The van der Waals surface area contributed by atoms with Gasteiger partial charge in [-0.25, -0.2) is 0 Å². The first kappa shape index (κ1) is 19.4. The minimum atomic E-state index is -0.200. The maximum absolute atomic E-state index is 12.5. The first-order valence-corrected chi connectivity index (χ1v) is 9.29. The van der Waals surface area contributed by atoms with Crippen LogP contribution in [0.25, 0.3) is 0 Å². The first-order valence-electron chi connectivity index (χ1n) is 9.29. The molecule has 4 heteroatoms. The fourth-order valence-electron chi connectivity index (χ4n) is 2.88. The summed E-state index contributed by atoms with van der Waals surface area (Å²) in [5.74, 6) is -0.398. The molecular formula is C24H24N2O2. The van der Waals surface area contributed by atoms with Gasteiger partial charge >= 0.3 is 0 Å². The van der Waals surface area contributed by atoms with Crippen LogP contribution >= 0.6 is 0 Å². The third kappa shape index (κ3) is 5.07. The fraction of sp³-hybridized carbons (Fsp3) is 0.167. The van der Waals surface area contributed by atoms with E-state index >= 15 is 0 Å². The number of aryl methyl sites for hydroxylation is 2. The lowest BCUT2D eigenvalue weighted by atomic mass is 10.1. The normalized spacial score (nSPS) is 10.4. The second-order valence-electron chi connectivity index (χ2n) is 6.86. The van der Waals surface area contributed by atoms with E-state index in [0.29, 0.717) is 24.2 Å². The zero-order valence-electron chi connectivity index (χ0n) is 16.2. The summed E-state index contributed by atoms with van der Waals surface area (Å²) in [6, 6.07) is 22.7. The van der Waals surface area contributed by atoms with Gasteiger partial charge in [0.2, 0.25) is 0 Å². The molecular weight excluding hydrogens is 348 g/mol. The highest BCUT2D eigenvalue weighted by Crippen LogP contribution is 2.09. The number of rotatable bonds is 6. The highest BCUT2D eigenvalue weighted by Gasteiger charge is 2.11. The summed E-state index contributed by atoms with van der Waals surface area (Å²) in [5.41, 5.74) is 5.35. The number of amides is 2. The molecule has 3 aromatic rings. The van der Waals surface area contributed by atoms with Gasteiger partial charge in [-0.3, -0.25) is 9.59 Å². The van der Waals surface area contributed by atoms with E-state index in [0.717, 1.165) is 16.7 Å². The molecule has 0 heterocycles. The van der Waals surface area contributed by atoms with Crippen molar-refractivity contribution in [2.45, 2.75) is 26.9 Å². The molecule has 28 heavy (non-hydrogen) atoms. The van der Waals surface area contributed by atoms with Crippen LogP contribution in [0.2, 0.25) is 0 Å². The minimum absolute atomic E-state index is 0.198. The quantitative estimate of drug-likeness (QED) is 0.682. The van der Waals surface area contributed by atoms with Gasteiger partial charge in [0, 0.05) is 24.2 Å². The summed E-state index contributed by atoms with van der Waals surface area (Å²) < 4.78 is 0. The van der Waals surface area contributed by atoms with E-state index in [-0.39, 0.29) is 11.8 Å².